The Bertz CT molecular complexity index is 456. The number of pyridine rings is 1. The summed E-state index contributed by atoms with van der Waals surface area (Å²) in [6.07, 6.45) is 0.803. The van der Waals surface area contributed by atoms with Gasteiger partial charge in [0.15, 0.2) is 0 Å². The summed E-state index contributed by atoms with van der Waals surface area (Å²) >= 11 is 2.03. The number of hydrogen-bond acceptors (Lipinski definition) is 2. The van der Waals surface area contributed by atoms with Crippen molar-refractivity contribution in [2.24, 2.45) is 0 Å². The quantitative estimate of drug-likeness (QED) is 0.683. The van der Waals surface area contributed by atoms with E-state index >= 15 is 0 Å². The molecule has 15 heavy (non-hydrogen) atoms. The third-order valence-corrected chi connectivity index (χ3v) is 2.91. The third kappa shape index (κ3) is 2.68. The fraction of sp³-hybridized carbons (Fsp3) is 0.0833. The molecule has 76 valence electrons. The van der Waals surface area contributed by atoms with E-state index in [0.717, 1.165) is 12.1 Å². The summed E-state index contributed by atoms with van der Waals surface area (Å²) in [5, 5.41) is 9.34. The van der Waals surface area contributed by atoms with Crippen LogP contribution in [0.4, 0.5) is 0 Å². The Morgan fingerprint density at radius 2 is 1.80 bits per heavy atom. The van der Waals surface area contributed by atoms with Crippen LogP contribution in [0, 0.1) is 3.70 Å². The van der Waals surface area contributed by atoms with Crippen LogP contribution in [0.25, 0.3) is 0 Å². The maximum atomic E-state index is 9.34. The van der Waals surface area contributed by atoms with Gasteiger partial charge in [0.25, 0.3) is 0 Å². The van der Waals surface area contributed by atoms with Crippen molar-refractivity contribution in [2.45, 2.75) is 6.42 Å². The van der Waals surface area contributed by atoms with E-state index in [1.54, 1.807) is 6.07 Å². The maximum absolute atomic E-state index is 9.34. The molecule has 0 unspecified atom stereocenters. The number of hydrogen-bond donors (Lipinski definition) is 1. The molecule has 0 atom stereocenters. The molecule has 1 heterocycles. The Morgan fingerprint density at radius 1 is 1.07 bits per heavy atom. The van der Waals surface area contributed by atoms with Crippen LogP contribution >= 0.6 is 22.6 Å². The number of rotatable bonds is 2. The highest BCUT2D eigenvalue weighted by Gasteiger charge is 2.01. The van der Waals surface area contributed by atoms with Crippen LogP contribution < -0.4 is 0 Å². The average Bonchev–Trinajstić information content (AvgIpc) is 2.25. The molecule has 1 aromatic heterocycles. The largest absolute Gasteiger partial charge is 0.505 e. The molecular formula is C12H10INO. The summed E-state index contributed by atoms with van der Waals surface area (Å²) in [7, 11) is 0. The van der Waals surface area contributed by atoms with E-state index in [9.17, 15) is 5.11 Å². The lowest BCUT2D eigenvalue weighted by atomic mass is 10.1. The van der Waals surface area contributed by atoms with E-state index in [-0.39, 0.29) is 5.75 Å². The molecule has 0 aliphatic rings. The zero-order valence-corrected chi connectivity index (χ0v) is 10.2. The first kappa shape index (κ1) is 10.4. The molecule has 0 spiro atoms. The highest BCUT2D eigenvalue weighted by molar-refractivity contribution is 14.1. The normalized spacial score (nSPS) is 10.2. The molecule has 0 aliphatic carbocycles. The van der Waals surface area contributed by atoms with Crippen molar-refractivity contribution in [2.75, 3.05) is 0 Å². The lowest BCUT2D eigenvalue weighted by Crippen LogP contribution is -1.93. The molecule has 1 N–H and O–H groups in total. The second-order valence-corrected chi connectivity index (χ2v) is 4.30. The molecule has 0 saturated carbocycles. The maximum Gasteiger partial charge on any atom is 0.147 e. The predicted molar refractivity (Wildman–Crippen MR) is 67.9 cm³/mol. The van der Waals surface area contributed by atoms with Crippen molar-refractivity contribution >= 4 is 22.6 Å². The Labute approximate surface area is 102 Å². The molecule has 2 rings (SSSR count). The fourth-order valence-electron chi connectivity index (χ4n) is 1.37. The number of nitrogens with zero attached hydrogens (tertiary/aromatic N) is 1. The third-order valence-electron chi connectivity index (χ3n) is 2.11. The van der Waals surface area contributed by atoms with Crippen LogP contribution in [-0.4, -0.2) is 10.1 Å². The van der Waals surface area contributed by atoms with Crippen LogP contribution in [0.1, 0.15) is 11.3 Å². The Hall–Kier alpha value is -1.10. The van der Waals surface area contributed by atoms with E-state index in [1.807, 2.05) is 46.9 Å². The van der Waals surface area contributed by atoms with Crippen molar-refractivity contribution in [1.82, 2.24) is 4.98 Å². The Balaban J connectivity index is 2.22. The molecule has 3 heteroatoms. The zero-order chi connectivity index (χ0) is 10.7. The van der Waals surface area contributed by atoms with Crippen molar-refractivity contribution in [3.05, 3.63) is 57.4 Å². The van der Waals surface area contributed by atoms with E-state index < -0.39 is 0 Å². The molecular weight excluding hydrogens is 301 g/mol. The summed E-state index contributed by atoms with van der Waals surface area (Å²) in [5.74, 6) is 0.243. The summed E-state index contributed by atoms with van der Waals surface area (Å²) in [4.78, 5) is 4.30. The van der Waals surface area contributed by atoms with E-state index in [0.29, 0.717) is 3.70 Å². The molecule has 0 saturated heterocycles. The van der Waals surface area contributed by atoms with Gasteiger partial charge in [-0.15, -0.1) is 0 Å². The number of aromatic hydroxyl groups is 1. The smallest absolute Gasteiger partial charge is 0.147 e. The first-order chi connectivity index (χ1) is 7.25. The van der Waals surface area contributed by atoms with Gasteiger partial charge >= 0.3 is 0 Å². The molecule has 2 nitrogen and oxygen atoms in total. The first-order valence-corrected chi connectivity index (χ1v) is 5.72. The molecule has 0 amide bonds. The van der Waals surface area contributed by atoms with Crippen molar-refractivity contribution in [1.29, 1.82) is 0 Å². The first-order valence-electron chi connectivity index (χ1n) is 4.64. The molecule has 1 aromatic carbocycles. The summed E-state index contributed by atoms with van der Waals surface area (Å²) in [6.45, 7) is 0. The second kappa shape index (κ2) is 4.61. The molecule has 0 radical (unpaired) electrons. The summed E-state index contributed by atoms with van der Waals surface area (Å²) in [5.41, 5.74) is 2.20. The lowest BCUT2D eigenvalue weighted by Gasteiger charge is -2.02. The minimum Gasteiger partial charge on any atom is -0.505 e. The van der Waals surface area contributed by atoms with E-state index in [2.05, 4.69) is 17.1 Å². The van der Waals surface area contributed by atoms with Gasteiger partial charge in [0.2, 0.25) is 0 Å². The Morgan fingerprint density at radius 3 is 2.47 bits per heavy atom. The average molecular weight is 311 g/mol. The lowest BCUT2D eigenvalue weighted by molar-refractivity contribution is 0.467. The van der Waals surface area contributed by atoms with Crippen molar-refractivity contribution in [3.63, 3.8) is 0 Å². The Kier molecular flexibility index (Phi) is 3.20. The molecule has 0 aliphatic heterocycles. The van der Waals surface area contributed by atoms with Gasteiger partial charge in [-0.05, 0) is 40.3 Å². The molecule has 2 aromatic rings. The van der Waals surface area contributed by atoms with E-state index in [4.69, 9.17) is 0 Å². The molecule has 0 fully saturated rings. The van der Waals surface area contributed by atoms with E-state index in [1.165, 1.54) is 5.56 Å². The van der Waals surface area contributed by atoms with Crippen LogP contribution in [0.5, 0.6) is 5.75 Å². The van der Waals surface area contributed by atoms with Gasteiger partial charge in [-0.2, -0.15) is 0 Å². The predicted octanol–water partition coefficient (Wildman–Crippen LogP) is 2.98. The summed E-state index contributed by atoms with van der Waals surface area (Å²) in [6, 6.07) is 13.7. The van der Waals surface area contributed by atoms with Crippen LogP contribution in [0.15, 0.2) is 42.5 Å². The van der Waals surface area contributed by atoms with Gasteiger partial charge in [0.05, 0.1) is 0 Å². The fourth-order valence-corrected chi connectivity index (χ4v) is 1.86. The minimum atomic E-state index is 0.243. The second-order valence-electron chi connectivity index (χ2n) is 3.27. The topological polar surface area (TPSA) is 33.1 Å². The standard InChI is InChI=1S/C12H10INO/c13-12-11(15)7-6-10(14-12)8-9-4-2-1-3-5-9/h1-7,15H,8H2. The molecule has 0 bridgehead atoms. The summed E-state index contributed by atoms with van der Waals surface area (Å²) < 4.78 is 0.654. The van der Waals surface area contributed by atoms with Gasteiger partial charge in [-0.25, -0.2) is 4.98 Å². The number of halogens is 1. The minimum absolute atomic E-state index is 0.243. The van der Waals surface area contributed by atoms with Gasteiger partial charge in [-0.1, -0.05) is 30.3 Å². The zero-order valence-electron chi connectivity index (χ0n) is 8.02. The number of benzene rings is 1. The van der Waals surface area contributed by atoms with Crippen LogP contribution in [-0.2, 0) is 6.42 Å². The van der Waals surface area contributed by atoms with Crippen molar-refractivity contribution in [3.8, 4) is 5.75 Å². The number of aromatic nitrogens is 1. The van der Waals surface area contributed by atoms with Crippen molar-refractivity contribution < 1.29 is 5.11 Å². The van der Waals surface area contributed by atoms with Crippen LogP contribution in [0.3, 0.4) is 0 Å². The van der Waals surface area contributed by atoms with Crippen LogP contribution in [0.2, 0.25) is 0 Å². The van der Waals surface area contributed by atoms with Gasteiger partial charge in [0.1, 0.15) is 9.45 Å². The van der Waals surface area contributed by atoms with Gasteiger partial charge in [0, 0.05) is 12.1 Å². The monoisotopic (exact) mass is 311 g/mol. The van der Waals surface area contributed by atoms with Gasteiger partial charge in [-0.3, -0.25) is 0 Å². The highest BCUT2D eigenvalue weighted by atomic mass is 127. The highest BCUT2D eigenvalue weighted by Crippen LogP contribution is 2.18. The van der Waals surface area contributed by atoms with Gasteiger partial charge < -0.3 is 5.11 Å². The SMILES string of the molecule is Oc1ccc(Cc2ccccc2)nc1I.